The van der Waals surface area contributed by atoms with Crippen molar-refractivity contribution in [3.8, 4) is 33.8 Å². The van der Waals surface area contributed by atoms with Crippen LogP contribution in [0.5, 0.6) is 0 Å². The molecule has 0 fully saturated rings. The Morgan fingerprint density at radius 1 is 0.438 bits per heavy atom. The molecule has 0 saturated carbocycles. The summed E-state index contributed by atoms with van der Waals surface area (Å²) >= 11 is 0. The quantitative estimate of drug-likeness (QED) is 0.0245. The molecule has 121 heavy (non-hydrogen) atoms. The third kappa shape index (κ3) is 20.9. The van der Waals surface area contributed by atoms with Crippen molar-refractivity contribution in [2.45, 2.75) is 127 Å². The SMILES string of the molecule is CC(=O)c1cnc(NC2Cc3ccccc3C2)nc1.CN(C)/C=C/C(=O)c1cnc(NC2Cc3ccccc3C2)nc1.O=C(Cn1ccc(-c2cnc(NC3Cc4ccccc4C3)nc2)n1)N1CCc2n[nH]nc2C1.O=C(O)Cn1ccc(-c2cnc(NC3Cc4ccccc4C3)nc2)n1.c1ccc2c(c1)CC(Nc1ncc(-c3ccn[nH]3)cn1)C2. The van der Waals surface area contributed by atoms with E-state index in [1.165, 1.54) is 73.3 Å². The first kappa shape index (κ1) is 79.9. The van der Waals surface area contributed by atoms with Crippen LogP contribution in [0.3, 0.4) is 0 Å². The van der Waals surface area contributed by atoms with Crippen LogP contribution < -0.4 is 26.6 Å². The van der Waals surface area contributed by atoms with Crippen LogP contribution in [0.25, 0.3) is 33.8 Å². The van der Waals surface area contributed by atoms with E-state index in [4.69, 9.17) is 5.11 Å². The number of aromatic nitrogens is 19. The highest BCUT2D eigenvalue weighted by Crippen LogP contribution is 2.30. The number of nitrogens with zero attached hydrogens (tertiary/aromatic N) is 19. The van der Waals surface area contributed by atoms with Crippen LogP contribution in [-0.4, -0.2) is 184 Å². The Bertz CT molecular complexity index is 5790. The van der Waals surface area contributed by atoms with Crippen LogP contribution >= 0.6 is 0 Å². The lowest BCUT2D eigenvalue weighted by Gasteiger charge is -2.25. The molecule has 1 amide bonds. The van der Waals surface area contributed by atoms with Gasteiger partial charge in [-0.1, -0.05) is 121 Å². The fourth-order valence-electron chi connectivity index (χ4n) is 15.6. The van der Waals surface area contributed by atoms with Crippen LogP contribution in [0.1, 0.15) is 94.7 Å². The van der Waals surface area contributed by atoms with Crippen molar-refractivity contribution in [2.75, 3.05) is 47.2 Å². The smallest absolute Gasteiger partial charge is 0.325 e. The number of rotatable bonds is 21. The zero-order valence-corrected chi connectivity index (χ0v) is 67.0. The van der Waals surface area contributed by atoms with Crippen LogP contribution in [0, 0.1) is 0 Å². The van der Waals surface area contributed by atoms with Gasteiger partial charge in [-0.05, 0) is 145 Å². The molecule has 610 valence electrons. The van der Waals surface area contributed by atoms with E-state index in [1.54, 1.807) is 90.0 Å². The summed E-state index contributed by atoms with van der Waals surface area (Å²) in [5.41, 5.74) is 21.5. The predicted molar refractivity (Wildman–Crippen MR) is 457 cm³/mol. The monoisotopic (exact) mass is 1610 g/mol. The highest BCUT2D eigenvalue weighted by atomic mass is 16.4. The highest BCUT2D eigenvalue weighted by Gasteiger charge is 2.28. The second-order valence-electron chi connectivity index (χ2n) is 30.7. The van der Waals surface area contributed by atoms with E-state index < -0.39 is 5.97 Å². The number of allylic oxidation sites excluding steroid dienone is 1. The number of fused-ring (bicyclic) bond motifs is 6. The first-order chi connectivity index (χ1) is 59.1. The molecule has 9 aromatic heterocycles. The summed E-state index contributed by atoms with van der Waals surface area (Å²) in [6.07, 6.45) is 35.8. The van der Waals surface area contributed by atoms with Crippen LogP contribution in [-0.2, 0) is 99.9 Å². The number of carboxylic acids is 1. The molecule has 0 saturated heterocycles. The Labute approximate surface area is 697 Å². The number of aromatic amines is 2. The van der Waals surface area contributed by atoms with Crippen molar-refractivity contribution in [1.29, 1.82) is 0 Å². The van der Waals surface area contributed by atoms with Gasteiger partial charge in [0.25, 0.3) is 0 Å². The molecule has 1 aliphatic heterocycles. The average Bonchev–Trinajstić information content (AvgIpc) is 1.72. The summed E-state index contributed by atoms with van der Waals surface area (Å²) in [4.78, 5) is 93.5. The van der Waals surface area contributed by atoms with Gasteiger partial charge in [-0.2, -0.15) is 30.7 Å². The molecular weight excluding hydrogens is 1530 g/mol. The van der Waals surface area contributed by atoms with E-state index in [0.29, 0.717) is 96.3 Å². The van der Waals surface area contributed by atoms with Crippen molar-refractivity contribution < 1.29 is 24.3 Å². The number of Topliss-reactive ketones (excluding diaryl/α,β-unsaturated/α-hetero) is 1. The second-order valence-corrected chi connectivity index (χ2v) is 30.7. The third-order valence-electron chi connectivity index (χ3n) is 21.7. The number of hydrogen-bond acceptors (Lipinski definition) is 25. The van der Waals surface area contributed by atoms with Gasteiger partial charge in [0.1, 0.15) is 18.8 Å². The minimum Gasteiger partial charge on any atom is -0.480 e. The number of carbonyl (C=O) groups excluding carboxylic acids is 3. The van der Waals surface area contributed by atoms with Crippen LogP contribution in [0.15, 0.2) is 232 Å². The van der Waals surface area contributed by atoms with E-state index in [2.05, 4.69) is 234 Å². The standard InChI is InChI=1S/C23H23N9O.C18H17N5O2.C18H20N4O.C16H15N5.C15H15N3O/c33-22(31-7-5-20-21(13-31)28-30-27-20)14-32-8-6-19(29-32)17-11-24-23(25-12-17)26-18-9-15-3-1-2-4-16(15)10-18;24-17(25)11-23-6-5-16(22-23)14-9-19-18(20-10-14)21-15-7-12-3-1-2-4-13(12)8-15;1-22(2)8-7-17(23)15-11-19-18(20-12-15)21-16-9-13-5-3-4-6-14(13)10-16;1-2-4-12-8-14(7-11(12)3-1)20-16-17-9-13(10-18-16)15-5-6-19-21-15;1-10(19)13-8-16-15(17-9-13)18-14-6-11-4-2-3-5-12(11)7-14/h1-4,6,8,11-12,18H,5,7,9-10,13-14H2,(H,24,25,26)(H,27,28,30);1-6,9-10,15H,7-8,11H2,(H,24,25)(H,19,20,21);3-8,11-12,16H,9-10H2,1-2H3,(H,19,20,21);1-6,9-10,14H,7-8H2,(H,19,21)(H,17,18,20);2-5,8-9,14H,6-7H2,1H3,(H,16,17,18)/b;;8-7+;;. The molecule has 31 heteroatoms. The van der Waals surface area contributed by atoms with Gasteiger partial charge >= 0.3 is 5.97 Å². The summed E-state index contributed by atoms with van der Waals surface area (Å²) in [5.74, 6) is 2.00. The molecule has 8 N–H and O–H groups in total. The summed E-state index contributed by atoms with van der Waals surface area (Å²) in [6.45, 7) is 2.64. The number of hydrogen-bond donors (Lipinski definition) is 8. The fraction of sp³-hybridized carbons (Fsp3) is 0.256. The van der Waals surface area contributed by atoms with Gasteiger partial charge in [-0.15, -0.1) is 0 Å². The first-order valence-corrected chi connectivity index (χ1v) is 40.2. The number of amides is 1. The number of aliphatic carboxylic acids is 1. The van der Waals surface area contributed by atoms with Gasteiger partial charge < -0.3 is 41.5 Å². The van der Waals surface area contributed by atoms with E-state index in [9.17, 15) is 19.2 Å². The molecule has 31 nitrogen and oxygen atoms in total. The molecule has 0 unspecified atom stereocenters. The Kier molecular flexibility index (Phi) is 24.8. The number of benzene rings is 5. The minimum atomic E-state index is -0.928. The maximum Gasteiger partial charge on any atom is 0.325 e. The maximum atomic E-state index is 12.7. The first-order valence-electron chi connectivity index (χ1n) is 40.2. The van der Waals surface area contributed by atoms with E-state index >= 15 is 0 Å². The topological polar surface area (TPSA) is 390 Å². The lowest BCUT2D eigenvalue weighted by atomic mass is 10.1. The van der Waals surface area contributed by atoms with Gasteiger partial charge in [0.2, 0.25) is 35.6 Å². The van der Waals surface area contributed by atoms with Crippen LogP contribution in [0.4, 0.5) is 29.7 Å². The highest BCUT2D eigenvalue weighted by molar-refractivity contribution is 6.04. The van der Waals surface area contributed by atoms with E-state index in [-0.39, 0.29) is 30.6 Å². The Balaban J connectivity index is 0.000000114. The van der Waals surface area contributed by atoms with Crippen molar-refractivity contribution >= 4 is 53.2 Å². The second kappa shape index (κ2) is 37.6. The van der Waals surface area contributed by atoms with Gasteiger partial charge in [0.15, 0.2) is 11.6 Å². The molecule has 0 radical (unpaired) electrons. The van der Waals surface area contributed by atoms with Gasteiger partial charge in [-0.3, -0.25) is 33.6 Å². The number of nitrogens with one attached hydrogen (secondary N) is 7. The molecule has 14 aromatic rings. The van der Waals surface area contributed by atoms with Gasteiger partial charge in [0.05, 0.1) is 40.4 Å². The van der Waals surface area contributed by atoms with Crippen molar-refractivity contribution in [2.24, 2.45) is 0 Å². The molecule has 5 aliphatic carbocycles. The molecule has 10 heterocycles. The van der Waals surface area contributed by atoms with Crippen LogP contribution in [0.2, 0.25) is 0 Å². The molecule has 0 atom stereocenters. The molecular formula is C90H90N26O5. The Morgan fingerprint density at radius 2 is 0.777 bits per heavy atom. The average molecular weight is 1620 g/mol. The lowest BCUT2D eigenvalue weighted by molar-refractivity contribution is -0.138. The Hall–Kier alpha value is -14.9. The minimum absolute atomic E-state index is 0.00616. The summed E-state index contributed by atoms with van der Waals surface area (Å²) in [5, 5.41) is 52.1. The van der Waals surface area contributed by atoms with Gasteiger partial charge in [-0.25, -0.2) is 49.8 Å². The van der Waals surface area contributed by atoms with Crippen molar-refractivity contribution in [3.05, 3.63) is 311 Å². The normalized spacial score (nSPS) is 14.3. The largest absolute Gasteiger partial charge is 0.480 e. The third-order valence-corrected chi connectivity index (χ3v) is 21.7. The predicted octanol–water partition coefficient (Wildman–Crippen LogP) is 10.6. The van der Waals surface area contributed by atoms with Crippen molar-refractivity contribution in [3.63, 3.8) is 0 Å². The molecule has 5 aromatic carbocycles. The maximum absolute atomic E-state index is 12.7. The number of ketones is 2. The summed E-state index contributed by atoms with van der Waals surface area (Å²) in [6, 6.07) is 49.6. The number of carboxylic acid groups (broad SMARTS) is 1. The number of anilines is 5. The number of H-pyrrole nitrogens is 2. The van der Waals surface area contributed by atoms with Crippen molar-refractivity contribution in [1.82, 2.24) is 105 Å². The Morgan fingerprint density at radius 3 is 1.12 bits per heavy atom. The fourth-order valence-corrected chi connectivity index (χ4v) is 15.6. The van der Waals surface area contributed by atoms with E-state index in [0.717, 1.165) is 104 Å². The van der Waals surface area contributed by atoms with Gasteiger partial charge in [0, 0.05) is 167 Å². The number of carbonyl (C=O) groups is 4. The lowest BCUT2D eigenvalue weighted by Crippen LogP contribution is -2.38. The zero-order chi connectivity index (χ0) is 83.0. The summed E-state index contributed by atoms with van der Waals surface area (Å²) in [7, 11) is 3.74. The molecule has 0 spiro atoms. The van der Waals surface area contributed by atoms with E-state index in [1.807, 2.05) is 43.5 Å². The zero-order valence-electron chi connectivity index (χ0n) is 67.0. The summed E-state index contributed by atoms with van der Waals surface area (Å²) < 4.78 is 3.03. The molecule has 20 rings (SSSR count). The molecule has 0 bridgehead atoms. The molecule has 6 aliphatic rings.